The number of ether oxygens (including phenoxy) is 1. The van der Waals surface area contributed by atoms with E-state index in [4.69, 9.17) is 4.74 Å². The third kappa shape index (κ3) is 3.23. The quantitative estimate of drug-likeness (QED) is 0.453. The summed E-state index contributed by atoms with van der Waals surface area (Å²) in [6, 6.07) is 2.65. The molecule has 16 heavy (non-hydrogen) atoms. The molecule has 0 aliphatic rings. The van der Waals surface area contributed by atoms with Gasteiger partial charge in [0.1, 0.15) is 12.4 Å². The lowest BCUT2D eigenvalue weighted by Crippen LogP contribution is -2.03. The summed E-state index contributed by atoms with van der Waals surface area (Å²) < 4.78 is 5.16. The third-order valence-corrected chi connectivity index (χ3v) is 1.70. The second-order valence-electron chi connectivity index (χ2n) is 2.94. The molecule has 0 saturated carbocycles. The Morgan fingerprint density at radius 3 is 3.00 bits per heavy atom. The van der Waals surface area contributed by atoms with E-state index in [0.29, 0.717) is 12.4 Å². The number of nitrogens with zero attached hydrogens (tertiary/aromatic N) is 2. The number of hydrogen-bond acceptors (Lipinski definition) is 5. The van der Waals surface area contributed by atoms with Crippen LogP contribution in [0.3, 0.4) is 0 Å². The molecule has 6 nitrogen and oxygen atoms in total. The van der Waals surface area contributed by atoms with Crippen LogP contribution < -0.4 is 10.1 Å². The summed E-state index contributed by atoms with van der Waals surface area (Å²) in [5.41, 5.74) is -0.0509. The van der Waals surface area contributed by atoms with Crippen molar-refractivity contribution < 1.29 is 9.66 Å². The van der Waals surface area contributed by atoms with Crippen LogP contribution in [0.2, 0.25) is 0 Å². The van der Waals surface area contributed by atoms with Crippen molar-refractivity contribution in [1.82, 2.24) is 4.98 Å². The monoisotopic (exact) mass is 223 g/mol. The number of nitro groups is 1. The predicted octanol–water partition coefficient (Wildman–Crippen LogP) is 1.99. The molecule has 0 unspecified atom stereocenters. The standard InChI is InChI=1S/C10H13N3O3/c1-3-5-16-10-7-8(13(14)15)6-9(12-10)11-4-2/h3,6-7H,1,4-5H2,2H3,(H,11,12). The van der Waals surface area contributed by atoms with E-state index in [1.54, 1.807) is 6.08 Å². The highest BCUT2D eigenvalue weighted by Gasteiger charge is 2.11. The number of anilines is 1. The Bertz CT molecular complexity index is 393. The molecule has 0 bridgehead atoms. The van der Waals surface area contributed by atoms with Crippen LogP contribution in [0, 0.1) is 10.1 Å². The summed E-state index contributed by atoms with van der Waals surface area (Å²) >= 11 is 0. The van der Waals surface area contributed by atoms with Crippen LogP contribution >= 0.6 is 0 Å². The van der Waals surface area contributed by atoms with Crippen molar-refractivity contribution in [1.29, 1.82) is 0 Å². The second kappa shape index (κ2) is 5.69. The van der Waals surface area contributed by atoms with Gasteiger partial charge in [0.25, 0.3) is 5.69 Å². The Morgan fingerprint density at radius 1 is 1.69 bits per heavy atom. The van der Waals surface area contributed by atoms with Gasteiger partial charge in [-0.25, -0.2) is 0 Å². The number of hydrogen-bond donors (Lipinski definition) is 1. The van der Waals surface area contributed by atoms with Gasteiger partial charge in [-0.1, -0.05) is 12.7 Å². The number of nitrogens with one attached hydrogen (secondary N) is 1. The minimum Gasteiger partial charge on any atom is -0.473 e. The van der Waals surface area contributed by atoms with Crippen LogP contribution in [0.25, 0.3) is 0 Å². The van der Waals surface area contributed by atoms with Crippen molar-refractivity contribution in [2.75, 3.05) is 18.5 Å². The van der Waals surface area contributed by atoms with Crippen molar-refractivity contribution in [2.24, 2.45) is 0 Å². The molecule has 1 rings (SSSR count). The van der Waals surface area contributed by atoms with E-state index in [-0.39, 0.29) is 18.2 Å². The van der Waals surface area contributed by atoms with E-state index in [1.807, 2.05) is 6.92 Å². The van der Waals surface area contributed by atoms with Crippen molar-refractivity contribution in [2.45, 2.75) is 6.92 Å². The Balaban J connectivity index is 2.97. The maximum atomic E-state index is 10.7. The molecule has 1 N–H and O–H groups in total. The minimum atomic E-state index is -0.483. The molecule has 0 fully saturated rings. The van der Waals surface area contributed by atoms with Crippen LogP contribution in [-0.2, 0) is 0 Å². The third-order valence-electron chi connectivity index (χ3n) is 1.70. The fourth-order valence-electron chi connectivity index (χ4n) is 1.09. The van der Waals surface area contributed by atoms with Gasteiger partial charge in [0.05, 0.1) is 17.1 Å². The van der Waals surface area contributed by atoms with E-state index >= 15 is 0 Å². The zero-order valence-corrected chi connectivity index (χ0v) is 8.97. The van der Waals surface area contributed by atoms with Crippen molar-refractivity contribution >= 4 is 11.5 Å². The van der Waals surface area contributed by atoms with Crippen LogP contribution in [0.1, 0.15) is 6.92 Å². The smallest absolute Gasteiger partial charge is 0.278 e. The van der Waals surface area contributed by atoms with E-state index in [9.17, 15) is 10.1 Å². The average molecular weight is 223 g/mol. The average Bonchev–Trinajstić information content (AvgIpc) is 2.26. The van der Waals surface area contributed by atoms with E-state index < -0.39 is 4.92 Å². The normalized spacial score (nSPS) is 9.56. The molecule has 6 heteroatoms. The summed E-state index contributed by atoms with van der Waals surface area (Å²) in [4.78, 5) is 14.2. The summed E-state index contributed by atoms with van der Waals surface area (Å²) in [6.07, 6.45) is 1.55. The van der Waals surface area contributed by atoms with E-state index in [2.05, 4.69) is 16.9 Å². The number of pyridine rings is 1. The first-order valence-electron chi connectivity index (χ1n) is 4.81. The molecule has 0 amide bonds. The van der Waals surface area contributed by atoms with E-state index in [0.717, 1.165) is 0 Å². The van der Waals surface area contributed by atoms with Crippen LogP contribution in [0.5, 0.6) is 5.88 Å². The van der Waals surface area contributed by atoms with Gasteiger partial charge in [0, 0.05) is 6.54 Å². The summed E-state index contributed by atoms with van der Waals surface area (Å²) in [6.45, 7) is 6.27. The topological polar surface area (TPSA) is 77.3 Å². The maximum Gasteiger partial charge on any atom is 0.278 e. The lowest BCUT2D eigenvalue weighted by molar-refractivity contribution is -0.384. The highest BCUT2D eigenvalue weighted by Crippen LogP contribution is 2.21. The Morgan fingerprint density at radius 2 is 2.44 bits per heavy atom. The molecule has 1 aromatic rings. The Labute approximate surface area is 93.1 Å². The molecule has 0 atom stereocenters. The SMILES string of the molecule is C=CCOc1cc([N+](=O)[O-])cc(NCC)n1. The highest BCUT2D eigenvalue weighted by atomic mass is 16.6. The molecule has 0 aliphatic heterocycles. The zero-order valence-electron chi connectivity index (χ0n) is 8.97. The van der Waals surface area contributed by atoms with Crippen molar-refractivity contribution in [3.05, 3.63) is 34.9 Å². The fraction of sp³-hybridized carbons (Fsp3) is 0.300. The van der Waals surface area contributed by atoms with Crippen molar-refractivity contribution in [3.63, 3.8) is 0 Å². The van der Waals surface area contributed by atoms with Gasteiger partial charge in [0.2, 0.25) is 5.88 Å². The van der Waals surface area contributed by atoms with Gasteiger partial charge in [-0.05, 0) is 6.92 Å². The minimum absolute atomic E-state index is 0.0509. The second-order valence-corrected chi connectivity index (χ2v) is 2.94. The highest BCUT2D eigenvalue weighted by molar-refractivity contribution is 5.48. The molecule has 0 aliphatic carbocycles. The van der Waals surface area contributed by atoms with Gasteiger partial charge in [-0.15, -0.1) is 0 Å². The van der Waals surface area contributed by atoms with Crippen molar-refractivity contribution in [3.8, 4) is 5.88 Å². The van der Waals surface area contributed by atoms with Gasteiger partial charge >= 0.3 is 0 Å². The Kier molecular flexibility index (Phi) is 4.26. The first kappa shape index (κ1) is 12.0. The van der Waals surface area contributed by atoms with Gasteiger partial charge in [0.15, 0.2) is 0 Å². The maximum absolute atomic E-state index is 10.7. The number of rotatable bonds is 6. The van der Waals surface area contributed by atoms with Crippen LogP contribution in [0.15, 0.2) is 24.8 Å². The summed E-state index contributed by atoms with van der Waals surface area (Å²) in [7, 11) is 0. The van der Waals surface area contributed by atoms with Gasteiger partial charge in [-0.2, -0.15) is 4.98 Å². The molecule has 0 aromatic carbocycles. The lowest BCUT2D eigenvalue weighted by Gasteiger charge is -2.06. The summed E-state index contributed by atoms with van der Waals surface area (Å²) in [5, 5.41) is 13.6. The van der Waals surface area contributed by atoms with Gasteiger partial charge in [-0.3, -0.25) is 10.1 Å². The first-order chi connectivity index (χ1) is 7.67. The summed E-state index contributed by atoms with van der Waals surface area (Å²) in [5.74, 6) is 0.640. The zero-order chi connectivity index (χ0) is 12.0. The molecule has 1 aromatic heterocycles. The Hall–Kier alpha value is -2.11. The fourth-order valence-corrected chi connectivity index (χ4v) is 1.09. The predicted molar refractivity (Wildman–Crippen MR) is 60.7 cm³/mol. The first-order valence-corrected chi connectivity index (χ1v) is 4.81. The van der Waals surface area contributed by atoms with Crippen LogP contribution in [-0.4, -0.2) is 23.1 Å². The molecule has 0 radical (unpaired) electrons. The molecular formula is C10H13N3O3. The molecular weight excluding hydrogens is 210 g/mol. The molecule has 1 heterocycles. The molecule has 86 valence electrons. The number of aromatic nitrogens is 1. The van der Waals surface area contributed by atoms with Crippen LogP contribution in [0.4, 0.5) is 11.5 Å². The molecule has 0 saturated heterocycles. The van der Waals surface area contributed by atoms with Gasteiger partial charge < -0.3 is 10.1 Å². The van der Waals surface area contributed by atoms with E-state index in [1.165, 1.54) is 12.1 Å². The molecule has 0 spiro atoms. The lowest BCUT2D eigenvalue weighted by atomic mass is 10.4. The largest absolute Gasteiger partial charge is 0.473 e.